The van der Waals surface area contributed by atoms with E-state index in [1.807, 2.05) is 75.1 Å². The van der Waals surface area contributed by atoms with Gasteiger partial charge in [-0.15, -0.1) is 0 Å². The molecule has 146 valence electrons. The lowest BCUT2D eigenvalue weighted by Gasteiger charge is -2.26. The number of hydrogen-bond acceptors (Lipinski definition) is 3. The van der Waals surface area contributed by atoms with Gasteiger partial charge in [-0.25, -0.2) is 0 Å². The van der Waals surface area contributed by atoms with Crippen molar-refractivity contribution >= 4 is 22.5 Å². The van der Waals surface area contributed by atoms with E-state index in [0.29, 0.717) is 24.2 Å². The summed E-state index contributed by atoms with van der Waals surface area (Å²) in [7, 11) is 1.81. The van der Waals surface area contributed by atoms with Crippen LogP contribution in [0.3, 0.4) is 0 Å². The lowest BCUT2D eigenvalue weighted by molar-refractivity contribution is 0.0747. The van der Waals surface area contributed by atoms with Gasteiger partial charge in [-0.05, 0) is 36.6 Å². The first-order chi connectivity index (χ1) is 13.4. The molecule has 0 unspecified atom stereocenters. The summed E-state index contributed by atoms with van der Waals surface area (Å²) < 4.78 is 1.97. The molecule has 0 radical (unpaired) electrons. The number of aromatic nitrogens is 2. The maximum Gasteiger partial charge on any atom is 0.253 e. The third kappa shape index (κ3) is 4.30. The summed E-state index contributed by atoms with van der Waals surface area (Å²) in [6.07, 6.45) is 2.47. The van der Waals surface area contributed by atoms with Crippen molar-refractivity contribution in [1.82, 2.24) is 14.7 Å². The first-order valence-electron chi connectivity index (χ1n) is 9.70. The second-order valence-electron chi connectivity index (χ2n) is 7.71. The molecular formula is C23H28N4O. The Hall–Kier alpha value is -2.95. The monoisotopic (exact) mass is 376 g/mol. The van der Waals surface area contributed by atoms with Gasteiger partial charge in [0.1, 0.15) is 0 Å². The van der Waals surface area contributed by atoms with Gasteiger partial charge in [0.25, 0.3) is 5.91 Å². The lowest BCUT2D eigenvalue weighted by Crippen LogP contribution is -2.37. The van der Waals surface area contributed by atoms with Crippen LogP contribution in [-0.2, 0) is 6.54 Å². The molecule has 0 aliphatic rings. The highest BCUT2D eigenvalue weighted by Gasteiger charge is 2.19. The van der Waals surface area contributed by atoms with Crippen LogP contribution < -0.4 is 0 Å². The number of amides is 1. The number of carbonyl (C=O) groups excluding carboxylic acids is 1. The van der Waals surface area contributed by atoms with Crippen LogP contribution in [-0.4, -0.2) is 39.4 Å². The second-order valence-corrected chi connectivity index (χ2v) is 7.71. The van der Waals surface area contributed by atoms with Crippen LogP contribution in [0.4, 0.5) is 0 Å². The maximum absolute atomic E-state index is 12.8. The smallest absolute Gasteiger partial charge is 0.253 e. The Balaban J connectivity index is 1.68. The van der Waals surface area contributed by atoms with Crippen molar-refractivity contribution in [2.75, 3.05) is 7.05 Å². The third-order valence-corrected chi connectivity index (χ3v) is 5.28. The average Bonchev–Trinajstić information content (AvgIpc) is 3.10. The Labute approximate surface area is 166 Å². The van der Waals surface area contributed by atoms with Crippen molar-refractivity contribution in [3.05, 3.63) is 65.9 Å². The second kappa shape index (κ2) is 8.38. The van der Waals surface area contributed by atoms with E-state index in [0.717, 1.165) is 16.5 Å². The minimum Gasteiger partial charge on any atom is -0.339 e. The van der Waals surface area contributed by atoms with Crippen molar-refractivity contribution in [1.29, 1.82) is 5.41 Å². The lowest BCUT2D eigenvalue weighted by atomic mass is 10.0. The summed E-state index contributed by atoms with van der Waals surface area (Å²) in [6, 6.07) is 15.9. The first-order valence-corrected chi connectivity index (χ1v) is 9.70. The van der Waals surface area contributed by atoms with E-state index in [4.69, 9.17) is 5.41 Å². The standard InChI is InChI=1S/C23H28N4O/c1-16(2)21(24)13-17(3)26(4)23(28)19-11-9-18(10-12-19)15-27-22-8-6-5-7-20(22)14-25-27/h5-12,14,16-17,24H,13,15H2,1-4H3/t17-/m1/s1. The molecule has 1 amide bonds. The van der Waals surface area contributed by atoms with Gasteiger partial charge in [-0.2, -0.15) is 5.10 Å². The molecule has 0 aliphatic carbocycles. The molecule has 28 heavy (non-hydrogen) atoms. The summed E-state index contributed by atoms with van der Waals surface area (Å²) in [5.41, 5.74) is 3.54. The van der Waals surface area contributed by atoms with Crippen molar-refractivity contribution < 1.29 is 4.79 Å². The fourth-order valence-electron chi connectivity index (χ4n) is 3.17. The zero-order valence-corrected chi connectivity index (χ0v) is 17.0. The van der Waals surface area contributed by atoms with Gasteiger partial charge in [0.15, 0.2) is 0 Å². The van der Waals surface area contributed by atoms with Gasteiger partial charge in [0, 0.05) is 36.2 Å². The number of rotatable bonds is 7. The molecule has 5 nitrogen and oxygen atoms in total. The molecule has 0 saturated heterocycles. The number of nitrogens with zero attached hydrogens (tertiary/aromatic N) is 3. The largest absolute Gasteiger partial charge is 0.339 e. The molecule has 3 aromatic rings. The highest BCUT2D eigenvalue weighted by Crippen LogP contribution is 2.16. The van der Waals surface area contributed by atoms with E-state index < -0.39 is 0 Å². The number of fused-ring (bicyclic) bond motifs is 1. The molecule has 1 heterocycles. The number of benzene rings is 2. The summed E-state index contributed by atoms with van der Waals surface area (Å²) >= 11 is 0. The third-order valence-electron chi connectivity index (χ3n) is 5.28. The Bertz CT molecular complexity index is 972. The van der Waals surface area contributed by atoms with E-state index in [-0.39, 0.29) is 17.9 Å². The Morgan fingerprint density at radius 3 is 2.46 bits per heavy atom. The fourth-order valence-corrected chi connectivity index (χ4v) is 3.17. The van der Waals surface area contributed by atoms with Gasteiger partial charge in [0.2, 0.25) is 0 Å². The molecule has 3 rings (SSSR count). The maximum atomic E-state index is 12.8. The first kappa shape index (κ1) is 19.8. The van der Waals surface area contributed by atoms with Crippen LogP contribution in [0.2, 0.25) is 0 Å². The minimum absolute atomic E-state index is 0.00230. The zero-order valence-electron chi connectivity index (χ0n) is 17.0. The molecule has 0 fully saturated rings. The van der Waals surface area contributed by atoms with Gasteiger partial charge in [-0.1, -0.05) is 44.2 Å². The highest BCUT2D eigenvalue weighted by atomic mass is 16.2. The van der Waals surface area contributed by atoms with Crippen molar-refractivity contribution in [3.63, 3.8) is 0 Å². The predicted octanol–water partition coefficient (Wildman–Crippen LogP) is 4.61. The van der Waals surface area contributed by atoms with Gasteiger partial charge < -0.3 is 10.3 Å². The zero-order chi connectivity index (χ0) is 20.3. The van der Waals surface area contributed by atoms with Gasteiger partial charge in [0.05, 0.1) is 18.3 Å². The molecule has 2 aromatic carbocycles. The van der Waals surface area contributed by atoms with Crippen LogP contribution in [0.15, 0.2) is 54.7 Å². The molecule has 0 saturated carbocycles. The molecular weight excluding hydrogens is 348 g/mol. The minimum atomic E-state index is -0.0138. The normalized spacial score (nSPS) is 12.3. The van der Waals surface area contributed by atoms with E-state index in [1.54, 1.807) is 4.90 Å². The summed E-state index contributed by atoms with van der Waals surface area (Å²) in [5.74, 6) is 0.198. The SMILES string of the molecule is CC(C)C(=N)C[C@@H](C)N(C)C(=O)c1ccc(Cn2ncc3ccccc32)cc1. The summed E-state index contributed by atoms with van der Waals surface area (Å²) in [5, 5.41) is 13.6. The molecule has 1 aromatic heterocycles. The van der Waals surface area contributed by atoms with Crippen LogP contribution in [0, 0.1) is 11.3 Å². The molecule has 1 atom stereocenters. The number of hydrogen-bond donors (Lipinski definition) is 1. The quantitative estimate of drug-likeness (QED) is 0.612. The van der Waals surface area contributed by atoms with Gasteiger partial charge >= 0.3 is 0 Å². The van der Waals surface area contributed by atoms with Crippen LogP contribution in [0.1, 0.15) is 43.1 Å². The Kier molecular flexibility index (Phi) is 5.93. The summed E-state index contributed by atoms with van der Waals surface area (Å²) in [6.45, 7) is 6.68. The van der Waals surface area contributed by atoms with E-state index in [2.05, 4.69) is 17.2 Å². The fraction of sp³-hybridized carbons (Fsp3) is 0.348. The average molecular weight is 377 g/mol. The van der Waals surface area contributed by atoms with E-state index in [9.17, 15) is 4.79 Å². The van der Waals surface area contributed by atoms with E-state index >= 15 is 0 Å². The highest BCUT2D eigenvalue weighted by molar-refractivity contribution is 5.94. The van der Waals surface area contributed by atoms with Crippen LogP contribution >= 0.6 is 0 Å². The Morgan fingerprint density at radius 2 is 1.79 bits per heavy atom. The van der Waals surface area contributed by atoms with Crippen molar-refractivity contribution in [2.45, 2.75) is 39.8 Å². The van der Waals surface area contributed by atoms with Gasteiger partial charge in [-0.3, -0.25) is 9.48 Å². The number of para-hydroxylation sites is 1. The van der Waals surface area contributed by atoms with Crippen LogP contribution in [0.25, 0.3) is 10.9 Å². The van der Waals surface area contributed by atoms with Crippen molar-refractivity contribution in [3.8, 4) is 0 Å². The Morgan fingerprint density at radius 1 is 1.11 bits per heavy atom. The topological polar surface area (TPSA) is 62.0 Å². The predicted molar refractivity (Wildman–Crippen MR) is 114 cm³/mol. The summed E-state index contributed by atoms with van der Waals surface area (Å²) in [4.78, 5) is 14.5. The molecule has 1 N–H and O–H groups in total. The molecule has 0 spiro atoms. The van der Waals surface area contributed by atoms with E-state index in [1.165, 1.54) is 0 Å². The number of nitrogens with one attached hydrogen (secondary N) is 1. The number of carbonyl (C=O) groups is 1. The molecule has 5 heteroatoms. The molecule has 0 aliphatic heterocycles. The molecule has 0 bridgehead atoms. The van der Waals surface area contributed by atoms with Crippen molar-refractivity contribution in [2.24, 2.45) is 5.92 Å². The van der Waals surface area contributed by atoms with Crippen LogP contribution in [0.5, 0.6) is 0 Å².